The molecule has 3 rings (SSSR count). The van der Waals surface area contributed by atoms with Crippen molar-refractivity contribution in [3.8, 4) is 0 Å². The Morgan fingerprint density at radius 2 is 2.00 bits per heavy atom. The van der Waals surface area contributed by atoms with Crippen molar-refractivity contribution in [3.05, 3.63) is 36.0 Å². The zero-order valence-corrected chi connectivity index (χ0v) is 15.4. The van der Waals surface area contributed by atoms with Crippen molar-refractivity contribution in [2.24, 2.45) is 11.7 Å². The van der Waals surface area contributed by atoms with Gasteiger partial charge in [0.05, 0.1) is 0 Å². The summed E-state index contributed by atoms with van der Waals surface area (Å²) in [6.07, 6.45) is 3.81. The van der Waals surface area contributed by atoms with Crippen LogP contribution < -0.4 is 5.73 Å². The van der Waals surface area contributed by atoms with Crippen LogP contribution in [0.3, 0.4) is 0 Å². The zero-order valence-electron chi connectivity index (χ0n) is 15.4. The van der Waals surface area contributed by atoms with Crippen LogP contribution in [0.25, 0.3) is 10.9 Å². The molecule has 0 saturated carbocycles. The Morgan fingerprint density at radius 3 is 2.64 bits per heavy atom. The van der Waals surface area contributed by atoms with Gasteiger partial charge in [0.1, 0.15) is 5.60 Å². The lowest BCUT2D eigenvalue weighted by Gasteiger charge is -2.36. The minimum absolute atomic E-state index is 0.206. The lowest BCUT2D eigenvalue weighted by molar-refractivity contribution is 0.0175. The Kier molecular flexibility index (Phi) is 5.04. The number of nitrogens with two attached hydrogens (primary N) is 1. The minimum Gasteiger partial charge on any atom is -0.444 e. The SMILES string of the molecule is CC(C)(C)OC(=O)N1CCC(C(CN)c2c[nH]c3ccccc23)CC1. The highest BCUT2D eigenvalue weighted by Gasteiger charge is 2.31. The van der Waals surface area contributed by atoms with Gasteiger partial charge in [-0.3, -0.25) is 0 Å². The van der Waals surface area contributed by atoms with Crippen LogP contribution in [0.2, 0.25) is 0 Å². The number of hydrogen-bond acceptors (Lipinski definition) is 3. The Morgan fingerprint density at radius 1 is 1.32 bits per heavy atom. The molecule has 0 spiro atoms. The van der Waals surface area contributed by atoms with Crippen molar-refractivity contribution < 1.29 is 9.53 Å². The average Bonchev–Trinajstić information content (AvgIpc) is 2.99. The van der Waals surface area contributed by atoms with Crippen molar-refractivity contribution in [2.75, 3.05) is 19.6 Å². The number of amides is 1. The quantitative estimate of drug-likeness (QED) is 0.889. The summed E-state index contributed by atoms with van der Waals surface area (Å²) in [5.74, 6) is 0.805. The largest absolute Gasteiger partial charge is 0.444 e. The van der Waals surface area contributed by atoms with Gasteiger partial charge in [0, 0.05) is 36.1 Å². The van der Waals surface area contributed by atoms with Gasteiger partial charge in [-0.25, -0.2) is 4.79 Å². The standard InChI is InChI=1S/C20H29N3O2/c1-20(2,3)25-19(24)23-10-8-14(9-11-23)16(12-21)17-13-22-18-7-5-4-6-15(17)18/h4-7,13-14,16,22H,8-12,21H2,1-3H3. The molecule has 1 aliphatic rings. The molecule has 2 heterocycles. The first-order valence-electron chi connectivity index (χ1n) is 9.13. The van der Waals surface area contributed by atoms with E-state index in [-0.39, 0.29) is 6.09 Å². The lowest BCUT2D eigenvalue weighted by Crippen LogP contribution is -2.43. The summed E-state index contributed by atoms with van der Waals surface area (Å²) in [6.45, 7) is 7.80. The number of aromatic nitrogens is 1. The van der Waals surface area contributed by atoms with E-state index < -0.39 is 5.60 Å². The summed E-state index contributed by atoms with van der Waals surface area (Å²) < 4.78 is 5.49. The molecule has 0 bridgehead atoms. The number of carbonyl (C=O) groups excluding carboxylic acids is 1. The molecule has 1 unspecified atom stereocenters. The van der Waals surface area contributed by atoms with E-state index in [9.17, 15) is 4.79 Å². The molecule has 5 heteroatoms. The number of carbonyl (C=O) groups is 1. The van der Waals surface area contributed by atoms with E-state index in [0.29, 0.717) is 18.4 Å². The molecule has 1 aromatic carbocycles. The van der Waals surface area contributed by atoms with Crippen LogP contribution in [0.5, 0.6) is 0 Å². The molecule has 0 radical (unpaired) electrons. The maximum absolute atomic E-state index is 12.2. The predicted octanol–water partition coefficient (Wildman–Crippen LogP) is 3.86. The summed E-state index contributed by atoms with van der Waals surface area (Å²) in [7, 11) is 0. The number of fused-ring (bicyclic) bond motifs is 1. The summed E-state index contributed by atoms with van der Waals surface area (Å²) in [5, 5.41) is 1.26. The molecule has 1 amide bonds. The number of ether oxygens (including phenoxy) is 1. The van der Waals surface area contributed by atoms with Gasteiger partial charge < -0.3 is 20.4 Å². The monoisotopic (exact) mass is 343 g/mol. The Hall–Kier alpha value is -2.01. The highest BCUT2D eigenvalue weighted by molar-refractivity contribution is 5.83. The molecule has 1 saturated heterocycles. The number of aromatic amines is 1. The van der Waals surface area contributed by atoms with Crippen molar-refractivity contribution in [1.29, 1.82) is 0 Å². The van der Waals surface area contributed by atoms with Crippen molar-refractivity contribution in [2.45, 2.75) is 45.1 Å². The van der Waals surface area contributed by atoms with Crippen molar-refractivity contribution >= 4 is 17.0 Å². The van der Waals surface area contributed by atoms with E-state index in [1.54, 1.807) is 0 Å². The first-order chi connectivity index (χ1) is 11.9. The second kappa shape index (κ2) is 7.08. The third-order valence-corrected chi connectivity index (χ3v) is 5.03. The van der Waals surface area contributed by atoms with Gasteiger partial charge in [-0.2, -0.15) is 0 Å². The van der Waals surface area contributed by atoms with Crippen LogP contribution in [0, 0.1) is 5.92 Å². The number of nitrogens with zero attached hydrogens (tertiary/aromatic N) is 1. The molecule has 5 nitrogen and oxygen atoms in total. The van der Waals surface area contributed by atoms with Gasteiger partial charge >= 0.3 is 6.09 Å². The van der Waals surface area contributed by atoms with Gasteiger partial charge in [-0.1, -0.05) is 18.2 Å². The molecule has 3 N–H and O–H groups in total. The number of para-hydroxylation sites is 1. The Balaban J connectivity index is 1.68. The zero-order chi connectivity index (χ0) is 18.0. The minimum atomic E-state index is -0.447. The normalized spacial score (nSPS) is 17.7. The summed E-state index contributed by atoms with van der Waals surface area (Å²) in [5.41, 5.74) is 8.15. The van der Waals surface area contributed by atoms with E-state index in [2.05, 4.69) is 29.4 Å². The van der Waals surface area contributed by atoms with Crippen LogP contribution in [-0.2, 0) is 4.74 Å². The first-order valence-corrected chi connectivity index (χ1v) is 9.13. The van der Waals surface area contributed by atoms with Gasteiger partial charge in [0.2, 0.25) is 0 Å². The lowest BCUT2D eigenvalue weighted by atomic mass is 9.80. The summed E-state index contributed by atoms with van der Waals surface area (Å²) in [4.78, 5) is 17.4. The molecule has 1 atom stereocenters. The second-order valence-corrected chi connectivity index (χ2v) is 7.94. The van der Waals surface area contributed by atoms with Gasteiger partial charge in [0.15, 0.2) is 0 Å². The van der Waals surface area contributed by atoms with E-state index in [4.69, 9.17) is 10.5 Å². The maximum Gasteiger partial charge on any atom is 0.410 e. The Bertz CT molecular complexity index is 724. The maximum atomic E-state index is 12.2. The third-order valence-electron chi connectivity index (χ3n) is 5.03. The summed E-state index contributed by atoms with van der Waals surface area (Å²) >= 11 is 0. The molecular weight excluding hydrogens is 314 g/mol. The molecule has 1 aliphatic heterocycles. The highest BCUT2D eigenvalue weighted by atomic mass is 16.6. The topological polar surface area (TPSA) is 71.3 Å². The number of hydrogen-bond donors (Lipinski definition) is 2. The Labute approximate surface area is 149 Å². The molecule has 0 aliphatic carbocycles. The van der Waals surface area contributed by atoms with E-state index >= 15 is 0 Å². The van der Waals surface area contributed by atoms with E-state index in [1.807, 2.05) is 31.7 Å². The molecule has 1 fully saturated rings. The van der Waals surface area contributed by atoms with Crippen LogP contribution in [0.4, 0.5) is 4.79 Å². The fraction of sp³-hybridized carbons (Fsp3) is 0.550. The second-order valence-electron chi connectivity index (χ2n) is 7.94. The number of nitrogens with one attached hydrogen (secondary N) is 1. The van der Waals surface area contributed by atoms with Crippen LogP contribution in [0.15, 0.2) is 30.5 Å². The number of piperidine rings is 1. The third kappa shape index (κ3) is 3.98. The first kappa shape index (κ1) is 17.8. The predicted molar refractivity (Wildman–Crippen MR) is 101 cm³/mol. The summed E-state index contributed by atoms with van der Waals surface area (Å²) in [6, 6.07) is 8.36. The molecule has 25 heavy (non-hydrogen) atoms. The molecule has 2 aromatic rings. The number of rotatable bonds is 3. The van der Waals surface area contributed by atoms with E-state index in [0.717, 1.165) is 31.4 Å². The van der Waals surface area contributed by atoms with Gasteiger partial charge in [0.25, 0.3) is 0 Å². The van der Waals surface area contributed by atoms with Crippen LogP contribution >= 0.6 is 0 Å². The van der Waals surface area contributed by atoms with Crippen molar-refractivity contribution in [1.82, 2.24) is 9.88 Å². The van der Waals surface area contributed by atoms with Gasteiger partial charge in [-0.05, 0) is 57.7 Å². The fourth-order valence-corrected chi connectivity index (χ4v) is 3.78. The van der Waals surface area contributed by atoms with Gasteiger partial charge in [-0.15, -0.1) is 0 Å². The fourth-order valence-electron chi connectivity index (χ4n) is 3.78. The number of H-pyrrole nitrogens is 1. The van der Waals surface area contributed by atoms with Crippen LogP contribution in [-0.4, -0.2) is 41.2 Å². The molecule has 1 aromatic heterocycles. The number of benzene rings is 1. The molecular formula is C20H29N3O2. The highest BCUT2D eigenvalue weighted by Crippen LogP contribution is 2.35. The van der Waals surface area contributed by atoms with E-state index in [1.165, 1.54) is 10.9 Å². The smallest absolute Gasteiger partial charge is 0.410 e. The molecule has 136 valence electrons. The average molecular weight is 343 g/mol. The van der Waals surface area contributed by atoms with Crippen molar-refractivity contribution in [3.63, 3.8) is 0 Å². The number of likely N-dealkylation sites (tertiary alicyclic amines) is 1. The van der Waals surface area contributed by atoms with Crippen LogP contribution in [0.1, 0.15) is 45.1 Å².